The number of aryl methyl sites for hydroxylation is 1. The van der Waals surface area contributed by atoms with Crippen LogP contribution < -0.4 is 9.47 Å². The Bertz CT molecular complexity index is 1200. The highest BCUT2D eigenvalue weighted by molar-refractivity contribution is 5.91. The van der Waals surface area contributed by atoms with E-state index in [1.807, 2.05) is 36.7 Å². The molecule has 1 aromatic heterocycles. The lowest BCUT2D eigenvalue weighted by atomic mass is 9.78. The summed E-state index contributed by atoms with van der Waals surface area (Å²) in [6, 6.07) is 14.6. The lowest BCUT2D eigenvalue weighted by molar-refractivity contribution is 0.0734. The van der Waals surface area contributed by atoms with E-state index >= 15 is 0 Å². The second kappa shape index (κ2) is 19.2. The molecule has 0 amide bonds. The van der Waals surface area contributed by atoms with Crippen LogP contribution in [0.5, 0.6) is 11.5 Å². The number of unbranched alkanes of at least 4 members (excludes halogenated alkanes) is 7. The van der Waals surface area contributed by atoms with Crippen molar-refractivity contribution in [2.75, 3.05) is 6.61 Å². The van der Waals surface area contributed by atoms with E-state index in [-0.39, 0.29) is 5.97 Å². The van der Waals surface area contributed by atoms with Crippen LogP contribution in [-0.2, 0) is 6.42 Å². The summed E-state index contributed by atoms with van der Waals surface area (Å²) in [7, 11) is 0. The number of ether oxygens (including phenoxy) is 2. The molecule has 4 rings (SSSR count). The maximum atomic E-state index is 12.7. The molecule has 5 heteroatoms. The van der Waals surface area contributed by atoms with E-state index in [0.717, 1.165) is 42.6 Å². The van der Waals surface area contributed by atoms with E-state index in [0.29, 0.717) is 17.1 Å². The van der Waals surface area contributed by atoms with Gasteiger partial charge in [0.15, 0.2) is 5.82 Å². The summed E-state index contributed by atoms with van der Waals surface area (Å²) in [5, 5.41) is 0. The molecule has 1 aliphatic carbocycles. The molecule has 0 unspecified atom stereocenters. The fourth-order valence-electron chi connectivity index (χ4n) is 6.32. The molecule has 5 nitrogen and oxygen atoms in total. The summed E-state index contributed by atoms with van der Waals surface area (Å²) in [5.74, 6) is 3.43. The van der Waals surface area contributed by atoms with Crippen molar-refractivity contribution in [3.05, 3.63) is 72.1 Å². The summed E-state index contributed by atoms with van der Waals surface area (Å²) in [6.07, 6.45) is 26.1. The zero-order chi connectivity index (χ0) is 30.8. The van der Waals surface area contributed by atoms with Gasteiger partial charge in [0, 0.05) is 18.0 Å². The van der Waals surface area contributed by atoms with Crippen LogP contribution >= 0.6 is 0 Å². The monoisotopic (exact) mass is 598 g/mol. The molecule has 1 fully saturated rings. The van der Waals surface area contributed by atoms with Gasteiger partial charge >= 0.3 is 5.97 Å². The third kappa shape index (κ3) is 11.7. The lowest BCUT2D eigenvalue weighted by Gasteiger charge is -2.28. The fourth-order valence-corrected chi connectivity index (χ4v) is 6.32. The Kier molecular flexibility index (Phi) is 14.7. The predicted molar refractivity (Wildman–Crippen MR) is 180 cm³/mol. The van der Waals surface area contributed by atoms with Gasteiger partial charge in [0.05, 0.1) is 12.2 Å². The molecule has 238 valence electrons. The van der Waals surface area contributed by atoms with E-state index in [9.17, 15) is 4.79 Å². The third-order valence-corrected chi connectivity index (χ3v) is 9.15. The highest BCUT2D eigenvalue weighted by Gasteiger charge is 2.20. The predicted octanol–water partition coefficient (Wildman–Crippen LogP) is 10.8. The van der Waals surface area contributed by atoms with Gasteiger partial charge in [-0.1, -0.05) is 109 Å². The van der Waals surface area contributed by atoms with Crippen molar-refractivity contribution >= 4 is 5.97 Å². The molecule has 1 saturated carbocycles. The van der Waals surface area contributed by atoms with E-state index in [1.165, 1.54) is 102 Å². The average molecular weight is 599 g/mol. The minimum Gasteiger partial charge on any atom is -0.494 e. The van der Waals surface area contributed by atoms with E-state index in [4.69, 9.17) is 9.47 Å². The number of rotatable bonds is 19. The first-order valence-corrected chi connectivity index (χ1v) is 17.5. The van der Waals surface area contributed by atoms with Crippen LogP contribution in [0.3, 0.4) is 0 Å². The van der Waals surface area contributed by atoms with Gasteiger partial charge in [-0.15, -0.1) is 0 Å². The highest BCUT2D eigenvalue weighted by Crippen LogP contribution is 2.34. The van der Waals surface area contributed by atoms with Gasteiger partial charge in [-0.25, -0.2) is 14.8 Å². The van der Waals surface area contributed by atoms with Crippen molar-refractivity contribution < 1.29 is 14.3 Å². The normalized spacial score (nSPS) is 16.5. The summed E-state index contributed by atoms with van der Waals surface area (Å²) in [6.45, 7) is 5.26. The van der Waals surface area contributed by atoms with Gasteiger partial charge in [0.25, 0.3) is 0 Å². The first kappa shape index (κ1) is 33.7. The van der Waals surface area contributed by atoms with Gasteiger partial charge in [0.2, 0.25) is 0 Å². The van der Waals surface area contributed by atoms with Gasteiger partial charge in [-0.2, -0.15) is 0 Å². The Morgan fingerprint density at radius 3 is 1.91 bits per heavy atom. The Morgan fingerprint density at radius 2 is 1.25 bits per heavy atom. The van der Waals surface area contributed by atoms with Crippen molar-refractivity contribution in [2.24, 2.45) is 11.8 Å². The third-order valence-electron chi connectivity index (χ3n) is 9.15. The van der Waals surface area contributed by atoms with Crippen LogP contribution in [0.15, 0.2) is 60.9 Å². The molecule has 0 atom stereocenters. The number of aromatic nitrogens is 2. The Hall–Kier alpha value is -3.21. The molecule has 0 bridgehead atoms. The zero-order valence-corrected chi connectivity index (χ0v) is 27.3. The maximum absolute atomic E-state index is 12.7. The fraction of sp³-hybridized carbons (Fsp3) is 0.564. The van der Waals surface area contributed by atoms with Crippen molar-refractivity contribution in [1.29, 1.82) is 0 Å². The minimum atomic E-state index is -0.388. The van der Waals surface area contributed by atoms with Gasteiger partial charge in [0.1, 0.15) is 11.5 Å². The smallest absolute Gasteiger partial charge is 0.343 e. The Morgan fingerprint density at radius 1 is 0.682 bits per heavy atom. The quantitative estimate of drug-likeness (QED) is 0.0780. The Balaban J connectivity index is 1.13. The molecule has 0 aliphatic heterocycles. The topological polar surface area (TPSA) is 61.3 Å². The van der Waals surface area contributed by atoms with Crippen LogP contribution in [-0.4, -0.2) is 22.5 Å². The number of benzene rings is 2. The van der Waals surface area contributed by atoms with Crippen LogP contribution in [0.2, 0.25) is 0 Å². The number of carbonyl (C=O) groups excluding carboxylic acids is 1. The molecule has 0 spiro atoms. The van der Waals surface area contributed by atoms with Crippen LogP contribution in [0, 0.1) is 11.8 Å². The summed E-state index contributed by atoms with van der Waals surface area (Å²) >= 11 is 0. The number of hydrogen-bond acceptors (Lipinski definition) is 5. The standard InChI is InChI=1S/C39H54N2O3/c1-3-5-7-8-9-11-14-33-29-40-38(41-30-33)34-20-22-35(23-21-34)39(42)44-37-26-24-36(25-27-37)43-28-12-15-32-18-16-31(17-19-32)13-10-6-4-2/h20-27,29-32H,3-19,28H2,1-2H3/t31-,32-. The van der Waals surface area contributed by atoms with Crippen LogP contribution in [0.1, 0.15) is 133 Å². The number of nitrogens with zero attached hydrogens (tertiary/aromatic N) is 2. The first-order chi connectivity index (χ1) is 21.6. The number of esters is 1. The second-order valence-electron chi connectivity index (χ2n) is 12.7. The molecule has 2 aromatic carbocycles. The molecule has 3 aromatic rings. The van der Waals surface area contributed by atoms with Crippen LogP contribution in [0.25, 0.3) is 11.4 Å². The van der Waals surface area contributed by atoms with E-state index in [2.05, 4.69) is 23.8 Å². The largest absolute Gasteiger partial charge is 0.494 e. The lowest BCUT2D eigenvalue weighted by Crippen LogP contribution is -2.15. The van der Waals surface area contributed by atoms with Crippen molar-refractivity contribution in [1.82, 2.24) is 9.97 Å². The van der Waals surface area contributed by atoms with Crippen molar-refractivity contribution in [2.45, 2.75) is 123 Å². The van der Waals surface area contributed by atoms with Crippen molar-refractivity contribution in [3.8, 4) is 22.9 Å². The maximum Gasteiger partial charge on any atom is 0.343 e. The molecular formula is C39H54N2O3. The zero-order valence-electron chi connectivity index (χ0n) is 27.3. The van der Waals surface area contributed by atoms with Crippen LogP contribution in [0.4, 0.5) is 0 Å². The van der Waals surface area contributed by atoms with Crippen molar-refractivity contribution in [3.63, 3.8) is 0 Å². The van der Waals surface area contributed by atoms with Gasteiger partial charge in [-0.3, -0.25) is 0 Å². The first-order valence-electron chi connectivity index (χ1n) is 17.5. The molecule has 1 heterocycles. The van der Waals surface area contributed by atoms with Gasteiger partial charge in [-0.05, 0) is 79.5 Å². The SMILES string of the molecule is CCCCCCCCc1cnc(-c2ccc(C(=O)Oc3ccc(OCCC[C@H]4CC[C@H](CCCCC)CC4)cc3)cc2)nc1. The molecule has 0 radical (unpaired) electrons. The Labute approximate surface area is 266 Å². The average Bonchev–Trinajstić information content (AvgIpc) is 3.06. The number of hydrogen-bond donors (Lipinski definition) is 0. The van der Waals surface area contributed by atoms with E-state index < -0.39 is 0 Å². The minimum absolute atomic E-state index is 0.388. The highest BCUT2D eigenvalue weighted by atomic mass is 16.5. The number of carbonyl (C=O) groups is 1. The summed E-state index contributed by atoms with van der Waals surface area (Å²) in [5.41, 5.74) is 2.54. The molecule has 0 saturated heterocycles. The van der Waals surface area contributed by atoms with Gasteiger partial charge < -0.3 is 9.47 Å². The summed E-state index contributed by atoms with van der Waals surface area (Å²) < 4.78 is 11.6. The summed E-state index contributed by atoms with van der Waals surface area (Å²) in [4.78, 5) is 21.8. The molecule has 1 aliphatic rings. The molecular weight excluding hydrogens is 544 g/mol. The second-order valence-corrected chi connectivity index (χ2v) is 12.7. The molecule has 44 heavy (non-hydrogen) atoms. The van der Waals surface area contributed by atoms with E-state index in [1.54, 1.807) is 24.3 Å². The molecule has 0 N–H and O–H groups in total.